The van der Waals surface area contributed by atoms with Gasteiger partial charge in [-0.05, 0) is 13.0 Å². The highest BCUT2D eigenvalue weighted by Crippen LogP contribution is 2.42. The molecule has 0 aliphatic rings. The zero-order chi connectivity index (χ0) is 18.5. The fraction of sp³-hybridized carbons (Fsp3) is 0.0667. The van der Waals surface area contributed by atoms with Crippen molar-refractivity contribution in [3.8, 4) is 11.6 Å². The Balaban J connectivity index is 1.80. The lowest BCUT2D eigenvalue weighted by atomic mass is 10.1. The van der Waals surface area contributed by atoms with Crippen LogP contribution in [0, 0.1) is 6.92 Å². The highest BCUT2D eigenvalue weighted by Gasteiger charge is 2.26. The van der Waals surface area contributed by atoms with E-state index in [1.807, 2.05) is 0 Å². The van der Waals surface area contributed by atoms with Gasteiger partial charge in [0.1, 0.15) is 5.69 Å². The molecule has 4 aromatic rings. The predicted molar refractivity (Wildman–Crippen MR) is 93.0 cm³/mol. The largest absolute Gasteiger partial charge is 0.434 e. The summed E-state index contributed by atoms with van der Waals surface area (Å²) in [4.78, 5) is 40.2. The summed E-state index contributed by atoms with van der Waals surface area (Å²) in [6.45, 7) is 1.67. The zero-order valence-electron chi connectivity index (χ0n) is 13.2. The first-order valence-electron chi connectivity index (χ1n) is 7.32. The van der Waals surface area contributed by atoms with Crippen LogP contribution < -0.4 is 0 Å². The van der Waals surface area contributed by atoms with Crippen molar-refractivity contribution in [3.05, 3.63) is 52.2 Å². The number of benzene rings is 1. The lowest BCUT2D eigenvalue weighted by Crippen LogP contribution is -2.00. The molecule has 9 nitrogen and oxygen atoms in total. The SMILES string of the molecule is Cc1noc(-c2csc(C(=O)c3cn(P(=O)(O)O)c4ccccc34)n2)n1. The molecule has 0 fully saturated rings. The summed E-state index contributed by atoms with van der Waals surface area (Å²) in [5.74, 6) is 0.210. The number of para-hydroxylation sites is 1. The van der Waals surface area contributed by atoms with Gasteiger partial charge < -0.3 is 14.3 Å². The second-order valence-electron chi connectivity index (χ2n) is 5.43. The summed E-state index contributed by atoms with van der Waals surface area (Å²) >= 11 is 1.09. The second kappa shape index (κ2) is 5.96. The number of carbonyl (C=O) groups is 1. The average molecular weight is 390 g/mol. The smallest absolute Gasteiger partial charge is 0.332 e. The number of nitrogens with zero attached hydrogens (tertiary/aromatic N) is 4. The van der Waals surface area contributed by atoms with Crippen LogP contribution in [0.1, 0.15) is 21.2 Å². The maximum atomic E-state index is 12.9. The molecule has 0 atom stereocenters. The van der Waals surface area contributed by atoms with Crippen LogP contribution >= 0.6 is 19.1 Å². The Morgan fingerprint density at radius 3 is 2.73 bits per heavy atom. The summed E-state index contributed by atoms with van der Waals surface area (Å²) in [7, 11) is -4.60. The molecule has 0 aliphatic heterocycles. The monoisotopic (exact) mass is 390 g/mol. The van der Waals surface area contributed by atoms with Crippen molar-refractivity contribution in [1.82, 2.24) is 19.5 Å². The minimum Gasteiger partial charge on any atom is -0.332 e. The molecule has 11 heteroatoms. The van der Waals surface area contributed by atoms with Gasteiger partial charge in [0.2, 0.25) is 5.78 Å². The minimum absolute atomic E-state index is 0.157. The van der Waals surface area contributed by atoms with E-state index in [9.17, 15) is 19.1 Å². The lowest BCUT2D eigenvalue weighted by Gasteiger charge is -2.05. The van der Waals surface area contributed by atoms with Crippen LogP contribution in [0.15, 0.2) is 40.4 Å². The molecule has 0 aliphatic carbocycles. The van der Waals surface area contributed by atoms with E-state index in [-0.39, 0.29) is 22.0 Å². The quantitative estimate of drug-likeness (QED) is 0.402. The molecule has 0 amide bonds. The number of ketones is 1. The molecule has 3 aromatic heterocycles. The molecule has 0 radical (unpaired) electrons. The lowest BCUT2D eigenvalue weighted by molar-refractivity contribution is 0.104. The summed E-state index contributed by atoms with van der Waals surface area (Å²) in [5, 5.41) is 5.89. The summed E-state index contributed by atoms with van der Waals surface area (Å²) in [5.41, 5.74) is 0.803. The number of carbonyl (C=O) groups excluding carboxylic acids is 1. The standard InChI is InChI=1S/C15H11N4O5PS/c1-8-16-14(24-18-8)11-7-26-15(17-11)13(20)10-6-19(25(21,22)23)12-5-3-2-4-9(10)12/h2-7H,1H3,(H2,21,22,23). The van der Waals surface area contributed by atoms with Crippen molar-refractivity contribution in [3.63, 3.8) is 0 Å². The highest BCUT2D eigenvalue weighted by molar-refractivity contribution is 7.50. The van der Waals surface area contributed by atoms with Crippen molar-refractivity contribution >= 4 is 35.8 Å². The van der Waals surface area contributed by atoms with E-state index in [1.54, 1.807) is 36.6 Å². The normalized spacial score (nSPS) is 12.0. The maximum Gasteiger partial charge on any atom is 0.434 e. The number of hydrogen-bond acceptors (Lipinski definition) is 7. The molecular formula is C15H11N4O5PS. The first-order valence-corrected chi connectivity index (χ1v) is 9.76. The number of fused-ring (bicyclic) bond motifs is 1. The van der Waals surface area contributed by atoms with Crippen molar-refractivity contribution in [1.29, 1.82) is 0 Å². The van der Waals surface area contributed by atoms with Crippen molar-refractivity contribution < 1.29 is 23.7 Å². The molecule has 4 rings (SSSR count). The Hall–Kier alpha value is -2.65. The average Bonchev–Trinajstić information content (AvgIpc) is 3.31. The fourth-order valence-electron chi connectivity index (χ4n) is 2.55. The van der Waals surface area contributed by atoms with Gasteiger partial charge in [-0.3, -0.25) is 9.13 Å². The number of aromatic nitrogens is 4. The Morgan fingerprint density at radius 1 is 1.27 bits per heavy atom. The topological polar surface area (TPSA) is 131 Å². The van der Waals surface area contributed by atoms with E-state index in [4.69, 9.17) is 4.52 Å². The molecule has 1 aromatic carbocycles. The maximum absolute atomic E-state index is 12.9. The van der Waals surface area contributed by atoms with E-state index in [0.29, 0.717) is 16.9 Å². The number of hydrogen-bond donors (Lipinski definition) is 2. The van der Waals surface area contributed by atoms with Gasteiger partial charge in [0.25, 0.3) is 5.89 Å². The van der Waals surface area contributed by atoms with Crippen LogP contribution in [-0.2, 0) is 4.57 Å². The Kier molecular flexibility index (Phi) is 3.85. The molecule has 3 heterocycles. The van der Waals surface area contributed by atoms with Gasteiger partial charge in [0.05, 0.1) is 11.1 Å². The van der Waals surface area contributed by atoms with Gasteiger partial charge in [-0.15, -0.1) is 11.3 Å². The first kappa shape index (κ1) is 16.8. The van der Waals surface area contributed by atoms with Gasteiger partial charge in [-0.2, -0.15) is 4.98 Å². The van der Waals surface area contributed by atoms with Gasteiger partial charge >= 0.3 is 7.75 Å². The van der Waals surface area contributed by atoms with Crippen LogP contribution in [0.2, 0.25) is 0 Å². The minimum atomic E-state index is -4.60. The number of aryl methyl sites for hydroxylation is 1. The van der Waals surface area contributed by atoms with E-state index in [1.165, 1.54) is 0 Å². The number of rotatable bonds is 4. The van der Waals surface area contributed by atoms with Crippen LogP contribution in [-0.4, -0.2) is 35.0 Å². The molecule has 0 bridgehead atoms. The number of thiazole rings is 1. The molecular weight excluding hydrogens is 379 g/mol. The highest BCUT2D eigenvalue weighted by atomic mass is 32.1. The molecule has 26 heavy (non-hydrogen) atoms. The van der Waals surface area contributed by atoms with Crippen LogP contribution in [0.3, 0.4) is 0 Å². The fourth-order valence-corrected chi connectivity index (χ4v) is 4.02. The van der Waals surface area contributed by atoms with E-state index < -0.39 is 13.5 Å². The van der Waals surface area contributed by atoms with Crippen molar-refractivity contribution in [2.24, 2.45) is 0 Å². The van der Waals surface area contributed by atoms with Gasteiger partial charge in [-0.1, -0.05) is 23.4 Å². The van der Waals surface area contributed by atoms with Crippen LogP contribution in [0.5, 0.6) is 0 Å². The predicted octanol–water partition coefficient (Wildman–Crippen LogP) is 2.63. The Bertz CT molecular complexity index is 1190. The van der Waals surface area contributed by atoms with Gasteiger partial charge in [0, 0.05) is 17.0 Å². The molecule has 2 N–H and O–H groups in total. The van der Waals surface area contributed by atoms with Crippen LogP contribution in [0.25, 0.3) is 22.5 Å². The third-order valence-corrected chi connectivity index (χ3v) is 5.40. The van der Waals surface area contributed by atoms with Crippen LogP contribution in [0.4, 0.5) is 0 Å². The Labute approximate surface area is 150 Å². The van der Waals surface area contributed by atoms with Gasteiger partial charge in [-0.25, -0.2) is 9.55 Å². The molecule has 0 spiro atoms. The second-order valence-corrected chi connectivity index (χ2v) is 7.75. The van der Waals surface area contributed by atoms with Crippen molar-refractivity contribution in [2.45, 2.75) is 6.92 Å². The molecule has 0 saturated heterocycles. The third-order valence-electron chi connectivity index (χ3n) is 3.66. The third kappa shape index (κ3) is 2.78. The van der Waals surface area contributed by atoms with E-state index >= 15 is 0 Å². The summed E-state index contributed by atoms with van der Waals surface area (Å²) in [6.07, 6.45) is 1.16. The van der Waals surface area contributed by atoms with E-state index in [0.717, 1.165) is 21.9 Å². The summed E-state index contributed by atoms with van der Waals surface area (Å²) < 4.78 is 17.5. The molecule has 0 unspecified atom stereocenters. The summed E-state index contributed by atoms with van der Waals surface area (Å²) in [6, 6.07) is 6.50. The molecule has 0 saturated carbocycles. The van der Waals surface area contributed by atoms with Gasteiger partial charge in [0.15, 0.2) is 10.8 Å². The first-order chi connectivity index (χ1) is 12.3. The van der Waals surface area contributed by atoms with E-state index in [2.05, 4.69) is 15.1 Å². The van der Waals surface area contributed by atoms with Crippen molar-refractivity contribution in [2.75, 3.05) is 0 Å². The Morgan fingerprint density at radius 2 is 2.04 bits per heavy atom. The zero-order valence-corrected chi connectivity index (χ0v) is 14.9. The molecule has 132 valence electrons.